The van der Waals surface area contributed by atoms with Crippen LogP contribution in [0, 0.1) is 18.8 Å². The topological polar surface area (TPSA) is 32.3 Å². The smallest absolute Gasteiger partial charge is 0.233 e. The van der Waals surface area contributed by atoms with E-state index < -0.39 is 0 Å². The second-order valence-electron chi connectivity index (χ2n) is 7.85. The summed E-state index contributed by atoms with van der Waals surface area (Å²) in [6.07, 6.45) is 5.70. The number of carbonyl (C=O) groups excluding carboxylic acids is 1. The number of nitrogens with one attached hydrogen (secondary N) is 1. The summed E-state index contributed by atoms with van der Waals surface area (Å²) in [5, 5.41) is 3.48. The van der Waals surface area contributed by atoms with Gasteiger partial charge in [-0.2, -0.15) is 0 Å². The predicted molar refractivity (Wildman–Crippen MR) is 92.4 cm³/mol. The molecule has 0 spiro atoms. The number of hydrogen-bond acceptors (Lipinski definition) is 2. The molecule has 2 saturated heterocycles. The maximum Gasteiger partial charge on any atom is 0.233 e. The van der Waals surface area contributed by atoms with E-state index >= 15 is 0 Å². The third kappa shape index (κ3) is 2.50. The van der Waals surface area contributed by atoms with E-state index in [0.29, 0.717) is 17.7 Å². The lowest BCUT2D eigenvalue weighted by Gasteiger charge is -2.40. The van der Waals surface area contributed by atoms with Gasteiger partial charge < -0.3 is 10.2 Å². The van der Waals surface area contributed by atoms with Crippen LogP contribution in [0.25, 0.3) is 0 Å². The highest BCUT2D eigenvalue weighted by molar-refractivity contribution is 5.89. The fraction of sp³-hybridized carbons (Fsp3) is 0.650. The molecule has 3 fully saturated rings. The molecular formula is C20H28N2O. The first-order valence-electron chi connectivity index (χ1n) is 9.27. The third-order valence-electron chi connectivity index (χ3n) is 6.45. The van der Waals surface area contributed by atoms with Crippen LogP contribution in [-0.4, -0.2) is 37.0 Å². The average Bonchev–Trinajstić information content (AvgIpc) is 3.17. The fourth-order valence-corrected chi connectivity index (χ4v) is 5.19. The summed E-state index contributed by atoms with van der Waals surface area (Å²) in [7, 11) is 0. The van der Waals surface area contributed by atoms with Crippen molar-refractivity contribution in [3.63, 3.8) is 0 Å². The van der Waals surface area contributed by atoms with Crippen molar-refractivity contribution in [3.05, 3.63) is 35.4 Å². The maximum absolute atomic E-state index is 13.6. The van der Waals surface area contributed by atoms with Gasteiger partial charge in [-0.25, -0.2) is 0 Å². The van der Waals surface area contributed by atoms with E-state index in [2.05, 4.69) is 41.4 Å². The number of hydrogen-bond donors (Lipinski definition) is 1. The molecule has 0 unspecified atom stereocenters. The molecule has 1 aliphatic carbocycles. The minimum absolute atomic E-state index is 0.254. The molecule has 3 heteroatoms. The molecule has 3 nitrogen and oxygen atoms in total. The third-order valence-corrected chi connectivity index (χ3v) is 6.45. The Morgan fingerprint density at radius 3 is 2.39 bits per heavy atom. The van der Waals surface area contributed by atoms with E-state index in [0.717, 1.165) is 39.0 Å². The molecule has 23 heavy (non-hydrogen) atoms. The summed E-state index contributed by atoms with van der Waals surface area (Å²) < 4.78 is 0. The van der Waals surface area contributed by atoms with Crippen molar-refractivity contribution in [1.82, 2.24) is 10.2 Å². The first-order valence-corrected chi connectivity index (χ1v) is 9.27. The Bertz CT molecular complexity index is 579. The summed E-state index contributed by atoms with van der Waals surface area (Å²) in [4.78, 5) is 15.8. The van der Waals surface area contributed by atoms with Gasteiger partial charge in [-0.1, -0.05) is 43.5 Å². The van der Waals surface area contributed by atoms with Gasteiger partial charge >= 0.3 is 0 Å². The van der Waals surface area contributed by atoms with Crippen molar-refractivity contribution in [2.24, 2.45) is 11.8 Å². The average molecular weight is 312 g/mol. The zero-order valence-electron chi connectivity index (χ0n) is 14.2. The predicted octanol–water partition coefficient (Wildman–Crippen LogP) is 2.87. The molecule has 0 radical (unpaired) electrons. The summed E-state index contributed by atoms with van der Waals surface area (Å²) in [5.41, 5.74) is 2.32. The van der Waals surface area contributed by atoms with Crippen LogP contribution in [0.2, 0.25) is 0 Å². The van der Waals surface area contributed by atoms with Crippen LogP contribution in [0.1, 0.15) is 43.2 Å². The van der Waals surface area contributed by atoms with Crippen molar-refractivity contribution >= 4 is 5.91 Å². The molecule has 1 amide bonds. The standard InChI is InChI=1S/C20H28N2O/c1-15-7-3-4-8-18(15)20(9-5-2-6-10-20)19(23)22-13-16-11-21-12-17(16)14-22/h3-4,7-8,16-17,21H,2,5-6,9-14H2,1H3/t16-,17+. The van der Waals surface area contributed by atoms with Gasteiger partial charge in [-0.05, 0) is 42.7 Å². The van der Waals surface area contributed by atoms with Crippen molar-refractivity contribution in [2.45, 2.75) is 44.4 Å². The van der Waals surface area contributed by atoms with Gasteiger partial charge in [-0.3, -0.25) is 4.79 Å². The number of rotatable bonds is 2. The number of amides is 1. The maximum atomic E-state index is 13.6. The lowest BCUT2D eigenvalue weighted by molar-refractivity contribution is -0.138. The highest BCUT2D eigenvalue weighted by atomic mass is 16.2. The van der Waals surface area contributed by atoms with Crippen LogP contribution in [-0.2, 0) is 10.2 Å². The summed E-state index contributed by atoms with van der Waals surface area (Å²) in [6, 6.07) is 8.57. The number of aryl methyl sites for hydroxylation is 1. The lowest BCUT2D eigenvalue weighted by atomic mass is 9.67. The second kappa shape index (κ2) is 5.94. The fourth-order valence-electron chi connectivity index (χ4n) is 5.19. The largest absolute Gasteiger partial charge is 0.341 e. The van der Waals surface area contributed by atoms with Gasteiger partial charge in [-0.15, -0.1) is 0 Å². The van der Waals surface area contributed by atoms with E-state index in [1.54, 1.807) is 0 Å². The zero-order valence-corrected chi connectivity index (χ0v) is 14.2. The molecule has 2 aliphatic heterocycles. The lowest BCUT2D eigenvalue weighted by Crippen LogP contribution is -2.48. The molecule has 1 aromatic carbocycles. The Kier molecular flexibility index (Phi) is 3.92. The summed E-state index contributed by atoms with van der Waals surface area (Å²) in [5.74, 6) is 1.77. The van der Waals surface area contributed by atoms with Crippen LogP contribution >= 0.6 is 0 Å². The van der Waals surface area contributed by atoms with Crippen molar-refractivity contribution in [2.75, 3.05) is 26.2 Å². The zero-order chi connectivity index (χ0) is 15.9. The van der Waals surface area contributed by atoms with E-state index in [1.165, 1.54) is 30.4 Å². The Balaban J connectivity index is 1.66. The Morgan fingerprint density at radius 1 is 1.09 bits per heavy atom. The highest BCUT2D eigenvalue weighted by Gasteiger charge is 2.47. The number of benzene rings is 1. The monoisotopic (exact) mass is 312 g/mol. The van der Waals surface area contributed by atoms with E-state index in [-0.39, 0.29) is 5.41 Å². The molecule has 124 valence electrons. The van der Waals surface area contributed by atoms with E-state index in [1.807, 2.05) is 0 Å². The minimum atomic E-state index is -0.254. The molecule has 0 aromatic heterocycles. The van der Waals surface area contributed by atoms with Crippen molar-refractivity contribution < 1.29 is 4.79 Å². The number of nitrogens with zero attached hydrogens (tertiary/aromatic N) is 1. The minimum Gasteiger partial charge on any atom is -0.341 e. The van der Waals surface area contributed by atoms with Gasteiger partial charge in [0.1, 0.15) is 0 Å². The number of likely N-dealkylation sites (tertiary alicyclic amines) is 1. The van der Waals surface area contributed by atoms with Crippen LogP contribution in [0.15, 0.2) is 24.3 Å². The normalized spacial score (nSPS) is 29.5. The number of carbonyl (C=O) groups is 1. The molecular weight excluding hydrogens is 284 g/mol. The summed E-state index contributed by atoms with van der Waals surface area (Å²) >= 11 is 0. The van der Waals surface area contributed by atoms with Crippen LogP contribution < -0.4 is 5.32 Å². The molecule has 3 aliphatic rings. The van der Waals surface area contributed by atoms with Crippen LogP contribution in [0.3, 0.4) is 0 Å². The molecule has 4 rings (SSSR count). The van der Waals surface area contributed by atoms with Crippen LogP contribution in [0.4, 0.5) is 0 Å². The molecule has 1 N–H and O–H groups in total. The summed E-state index contributed by atoms with van der Waals surface area (Å²) in [6.45, 7) is 6.27. The quantitative estimate of drug-likeness (QED) is 0.911. The van der Waals surface area contributed by atoms with Gasteiger partial charge in [0.25, 0.3) is 0 Å². The SMILES string of the molecule is Cc1ccccc1C1(C(=O)N2C[C@H]3CNC[C@H]3C2)CCCCC1. The first kappa shape index (κ1) is 15.2. The van der Waals surface area contributed by atoms with Crippen molar-refractivity contribution in [1.29, 1.82) is 0 Å². The molecule has 0 bridgehead atoms. The van der Waals surface area contributed by atoms with Crippen LogP contribution in [0.5, 0.6) is 0 Å². The van der Waals surface area contributed by atoms with Gasteiger partial charge in [0.05, 0.1) is 5.41 Å². The second-order valence-corrected chi connectivity index (χ2v) is 7.85. The molecule has 2 atom stereocenters. The van der Waals surface area contributed by atoms with Gasteiger partial charge in [0, 0.05) is 26.2 Å². The van der Waals surface area contributed by atoms with Crippen molar-refractivity contribution in [3.8, 4) is 0 Å². The Labute approximate surface area is 139 Å². The molecule has 2 heterocycles. The molecule has 1 saturated carbocycles. The van der Waals surface area contributed by atoms with Gasteiger partial charge in [0.2, 0.25) is 5.91 Å². The Hall–Kier alpha value is -1.35. The first-order chi connectivity index (χ1) is 11.2. The molecule has 1 aromatic rings. The van der Waals surface area contributed by atoms with Gasteiger partial charge in [0.15, 0.2) is 0 Å². The Morgan fingerprint density at radius 2 is 1.74 bits per heavy atom. The van der Waals surface area contributed by atoms with E-state index in [9.17, 15) is 4.79 Å². The highest BCUT2D eigenvalue weighted by Crippen LogP contribution is 2.43. The van der Waals surface area contributed by atoms with E-state index in [4.69, 9.17) is 0 Å². The number of fused-ring (bicyclic) bond motifs is 1.